The van der Waals surface area contributed by atoms with E-state index in [-0.39, 0.29) is 0 Å². The maximum Gasteiger partial charge on any atom is 0.159 e. The lowest BCUT2D eigenvalue weighted by Gasteiger charge is -2.15. The van der Waals surface area contributed by atoms with E-state index in [0.717, 1.165) is 22.7 Å². The lowest BCUT2D eigenvalue weighted by Crippen LogP contribution is -2.06. The molecule has 0 aliphatic heterocycles. The van der Waals surface area contributed by atoms with Gasteiger partial charge in [0.2, 0.25) is 0 Å². The van der Waals surface area contributed by atoms with Gasteiger partial charge in [-0.15, -0.1) is 0 Å². The monoisotopic (exact) mass is 369 g/mol. The van der Waals surface area contributed by atoms with Crippen molar-refractivity contribution < 1.29 is 4.74 Å². The van der Waals surface area contributed by atoms with Crippen LogP contribution in [0, 0.1) is 6.92 Å². The molecule has 3 rings (SSSR count). The second-order valence-corrected chi connectivity index (χ2v) is 6.03. The van der Waals surface area contributed by atoms with Crippen LogP contribution in [0.2, 0.25) is 5.02 Å². The molecule has 7 heteroatoms. The third kappa shape index (κ3) is 3.97. The Morgan fingerprint density at radius 2 is 1.81 bits per heavy atom. The van der Waals surface area contributed by atoms with E-state index in [9.17, 15) is 0 Å². The highest BCUT2D eigenvalue weighted by atomic mass is 35.5. The summed E-state index contributed by atoms with van der Waals surface area (Å²) in [5, 5.41) is 7.05. The average Bonchev–Trinajstić information content (AvgIpc) is 2.63. The molecular weight excluding hydrogens is 350 g/mol. The molecule has 0 spiro atoms. The molecule has 0 aliphatic rings. The zero-order valence-electron chi connectivity index (χ0n) is 14.6. The van der Waals surface area contributed by atoms with Gasteiger partial charge in [0.15, 0.2) is 11.6 Å². The van der Waals surface area contributed by atoms with E-state index >= 15 is 0 Å². The molecule has 1 heterocycles. The Morgan fingerprint density at radius 3 is 2.54 bits per heavy atom. The van der Waals surface area contributed by atoms with Crippen molar-refractivity contribution in [3.8, 4) is 5.75 Å². The van der Waals surface area contributed by atoms with Crippen molar-refractivity contribution in [3.05, 3.63) is 59.4 Å². The molecule has 0 radical (unpaired) electrons. The number of nitrogens with one attached hydrogen (secondary N) is 2. The van der Waals surface area contributed by atoms with Crippen LogP contribution >= 0.6 is 11.6 Å². The number of aryl methyl sites for hydroxylation is 1. The van der Waals surface area contributed by atoms with E-state index < -0.39 is 0 Å². The minimum Gasteiger partial charge on any atom is -0.492 e. The number of nitrogens with two attached hydrogens (primary N) is 1. The van der Waals surface area contributed by atoms with E-state index in [1.54, 1.807) is 0 Å². The molecule has 0 amide bonds. The van der Waals surface area contributed by atoms with Crippen LogP contribution in [-0.2, 0) is 0 Å². The first-order valence-electron chi connectivity index (χ1n) is 8.21. The Labute approximate surface area is 157 Å². The van der Waals surface area contributed by atoms with Crippen molar-refractivity contribution in [2.75, 3.05) is 23.0 Å². The Bertz CT molecular complexity index is 916. The maximum absolute atomic E-state index is 6.25. The van der Waals surface area contributed by atoms with Crippen molar-refractivity contribution >= 4 is 40.3 Å². The summed E-state index contributed by atoms with van der Waals surface area (Å²) in [6.07, 6.45) is 1.44. The molecule has 0 atom stereocenters. The van der Waals surface area contributed by atoms with Crippen LogP contribution in [0.4, 0.5) is 28.7 Å². The molecule has 0 unspecified atom stereocenters. The van der Waals surface area contributed by atoms with Gasteiger partial charge in [0.25, 0.3) is 0 Å². The third-order valence-corrected chi connectivity index (χ3v) is 4.17. The van der Waals surface area contributed by atoms with Crippen LogP contribution < -0.4 is 21.1 Å². The summed E-state index contributed by atoms with van der Waals surface area (Å²) >= 11 is 6.18. The van der Waals surface area contributed by atoms with Crippen molar-refractivity contribution in [3.63, 3.8) is 0 Å². The highest BCUT2D eigenvalue weighted by Gasteiger charge is 2.11. The second kappa shape index (κ2) is 7.93. The highest BCUT2D eigenvalue weighted by molar-refractivity contribution is 6.31. The largest absolute Gasteiger partial charge is 0.492 e. The lowest BCUT2D eigenvalue weighted by atomic mass is 10.2. The fraction of sp³-hybridized carbons (Fsp3) is 0.158. The molecule has 0 saturated carbocycles. The highest BCUT2D eigenvalue weighted by Crippen LogP contribution is 2.32. The number of hydrogen-bond acceptors (Lipinski definition) is 6. The molecule has 134 valence electrons. The van der Waals surface area contributed by atoms with Gasteiger partial charge in [-0.25, -0.2) is 9.97 Å². The number of nitrogen functional groups attached to an aromatic ring is 1. The Hall–Kier alpha value is -2.99. The van der Waals surface area contributed by atoms with Crippen LogP contribution in [0.1, 0.15) is 12.5 Å². The Kier molecular flexibility index (Phi) is 5.43. The van der Waals surface area contributed by atoms with E-state index in [1.807, 2.05) is 56.3 Å². The summed E-state index contributed by atoms with van der Waals surface area (Å²) in [6.45, 7) is 4.45. The van der Waals surface area contributed by atoms with E-state index in [2.05, 4.69) is 20.6 Å². The van der Waals surface area contributed by atoms with E-state index in [0.29, 0.717) is 29.0 Å². The maximum atomic E-state index is 6.25. The number of halogens is 1. The second-order valence-electron chi connectivity index (χ2n) is 5.63. The van der Waals surface area contributed by atoms with Gasteiger partial charge in [0.1, 0.15) is 17.8 Å². The first-order chi connectivity index (χ1) is 12.6. The zero-order chi connectivity index (χ0) is 18.5. The molecule has 0 aliphatic carbocycles. The van der Waals surface area contributed by atoms with Crippen LogP contribution in [0.25, 0.3) is 0 Å². The summed E-state index contributed by atoms with van der Waals surface area (Å²) in [5.41, 5.74) is 9.23. The number of anilines is 5. The fourth-order valence-corrected chi connectivity index (χ4v) is 2.56. The first kappa shape index (κ1) is 17.8. The van der Waals surface area contributed by atoms with Crippen LogP contribution in [-0.4, -0.2) is 16.6 Å². The SMILES string of the molecule is CCOc1ccccc1Nc1ncnc(Nc2ccc(C)c(Cl)c2)c1N. The summed E-state index contributed by atoms with van der Waals surface area (Å²) < 4.78 is 5.62. The molecule has 6 nitrogen and oxygen atoms in total. The molecule has 3 aromatic rings. The van der Waals surface area contributed by atoms with Crippen molar-refractivity contribution in [1.82, 2.24) is 9.97 Å². The number of aromatic nitrogens is 2. The van der Waals surface area contributed by atoms with E-state index in [4.69, 9.17) is 22.1 Å². The predicted octanol–water partition coefficient (Wildman–Crippen LogP) is 4.91. The number of hydrogen-bond donors (Lipinski definition) is 3. The summed E-state index contributed by atoms with van der Waals surface area (Å²) in [6, 6.07) is 13.3. The number of ether oxygens (including phenoxy) is 1. The molecule has 2 aromatic carbocycles. The van der Waals surface area contributed by atoms with Crippen molar-refractivity contribution in [2.45, 2.75) is 13.8 Å². The molecule has 0 fully saturated rings. The van der Waals surface area contributed by atoms with Crippen molar-refractivity contribution in [2.24, 2.45) is 0 Å². The van der Waals surface area contributed by atoms with Gasteiger partial charge < -0.3 is 21.1 Å². The van der Waals surface area contributed by atoms with Crippen LogP contribution in [0.5, 0.6) is 5.75 Å². The van der Waals surface area contributed by atoms with Gasteiger partial charge >= 0.3 is 0 Å². The van der Waals surface area contributed by atoms with Gasteiger partial charge in [-0.2, -0.15) is 0 Å². The first-order valence-corrected chi connectivity index (χ1v) is 8.58. The van der Waals surface area contributed by atoms with Gasteiger partial charge in [0, 0.05) is 10.7 Å². The minimum atomic E-state index is 0.399. The standard InChI is InChI=1S/C19H20ClN5O/c1-3-26-16-7-5-4-6-15(16)25-19-17(21)18(22-11-23-19)24-13-9-8-12(2)14(20)10-13/h4-11H,3,21H2,1-2H3,(H2,22,23,24,25). The van der Waals surface area contributed by atoms with Gasteiger partial charge in [-0.3, -0.25) is 0 Å². The minimum absolute atomic E-state index is 0.399. The lowest BCUT2D eigenvalue weighted by molar-refractivity contribution is 0.342. The number of para-hydroxylation sites is 2. The van der Waals surface area contributed by atoms with Crippen molar-refractivity contribution in [1.29, 1.82) is 0 Å². The molecule has 26 heavy (non-hydrogen) atoms. The fourth-order valence-electron chi connectivity index (χ4n) is 2.38. The smallest absolute Gasteiger partial charge is 0.159 e. The molecule has 0 bridgehead atoms. The number of rotatable bonds is 6. The average molecular weight is 370 g/mol. The number of benzene rings is 2. The van der Waals surface area contributed by atoms with Gasteiger partial charge in [-0.05, 0) is 43.7 Å². The molecule has 4 N–H and O–H groups in total. The Morgan fingerprint density at radius 1 is 1.08 bits per heavy atom. The third-order valence-electron chi connectivity index (χ3n) is 3.76. The molecular formula is C19H20ClN5O. The van der Waals surface area contributed by atoms with Gasteiger partial charge in [0.05, 0.1) is 12.3 Å². The Balaban J connectivity index is 1.86. The summed E-state index contributed by atoms with van der Waals surface area (Å²) in [7, 11) is 0. The summed E-state index contributed by atoms with van der Waals surface area (Å²) in [4.78, 5) is 8.47. The molecule has 1 aromatic heterocycles. The zero-order valence-corrected chi connectivity index (χ0v) is 15.3. The van der Waals surface area contributed by atoms with Gasteiger partial charge in [-0.1, -0.05) is 29.8 Å². The number of nitrogens with zero attached hydrogens (tertiary/aromatic N) is 2. The quantitative estimate of drug-likeness (QED) is 0.572. The topological polar surface area (TPSA) is 85.1 Å². The molecule has 0 saturated heterocycles. The predicted molar refractivity (Wildman–Crippen MR) is 107 cm³/mol. The van der Waals surface area contributed by atoms with E-state index in [1.165, 1.54) is 6.33 Å². The van der Waals surface area contributed by atoms with Crippen LogP contribution in [0.15, 0.2) is 48.8 Å². The van der Waals surface area contributed by atoms with Crippen LogP contribution in [0.3, 0.4) is 0 Å². The summed E-state index contributed by atoms with van der Waals surface area (Å²) in [5.74, 6) is 1.72. The normalized spacial score (nSPS) is 10.4.